The van der Waals surface area contributed by atoms with E-state index in [1.54, 1.807) is 11.9 Å². The highest BCUT2D eigenvalue weighted by Gasteiger charge is 2.51. The van der Waals surface area contributed by atoms with E-state index in [1.165, 1.54) is 4.90 Å². The second kappa shape index (κ2) is 7.65. The van der Waals surface area contributed by atoms with Crippen LogP contribution in [-0.2, 0) is 15.1 Å². The van der Waals surface area contributed by atoms with E-state index >= 15 is 0 Å². The first-order valence-electron chi connectivity index (χ1n) is 8.47. The summed E-state index contributed by atoms with van der Waals surface area (Å²) in [4.78, 5) is 40.0. The number of nitrogens with one attached hydrogen (secondary N) is 2. The van der Waals surface area contributed by atoms with E-state index < -0.39 is 11.6 Å². The van der Waals surface area contributed by atoms with E-state index in [4.69, 9.17) is 0 Å². The Hall–Kier alpha value is -2.41. The molecule has 0 radical (unpaired) electrons. The van der Waals surface area contributed by atoms with Crippen molar-refractivity contribution in [2.24, 2.45) is 0 Å². The lowest BCUT2D eigenvalue weighted by Gasteiger charge is -2.27. The first-order valence-corrected chi connectivity index (χ1v) is 8.47. The van der Waals surface area contributed by atoms with Crippen LogP contribution >= 0.6 is 0 Å². The zero-order valence-electron chi connectivity index (χ0n) is 15.2. The predicted octanol–water partition coefficient (Wildman–Crippen LogP) is 1.26. The fourth-order valence-electron chi connectivity index (χ4n) is 3.02. The quantitative estimate of drug-likeness (QED) is 0.728. The zero-order chi connectivity index (χ0) is 18.6. The molecule has 1 aromatic carbocycles. The highest BCUT2D eigenvalue weighted by atomic mass is 16.2. The average Bonchev–Trinajstić information content (AvgIpc) is 2.80. The van der Waals surface area contributed by atoms with E-state index in [-0.39, 0.29) is 31.1 Å². The SMILES string of the molecule is CC[C@@]1(c2ccccc2)NC(=O)N(CN(C)CC(=O)NC(C)C)C1=O. The largest absolute Gasteiger partial charge is 0.353 e. The maximum Gasteiger partial charge on any atom is 0.326 e. The van der Waals surface area contributed by atoms with Gasteiger partial charge in [-0.05, 0) is 32.9 Å². The number of carbonyl (C=O) groups excluding carboxylic acids is 3. The Labute approximate surface area is 148 Å². The molecule has 2 rings (SSSR count). The smallest absolute Gasteiger partial charge is 0.326 e. The average molecular weight is 346 g/mol. The molecule has 0 aliphatic carbocycles. The summed E-state index contributed by atoms with van der Waals surface area (Å²) in [6.07, 6.45) is 0.454. The molecule has 0 spiro atoms. The molecular weight excluding hydrogens is 320 g/mol. The minimum absolute atomic E-state index is 0.0449. The molecule has 136 valence electrons. The first kappa shape index (κ1) is 18.9. The fourth-order valence-corrected chi connectivity index (χ4v) is 3.02. The van der Waals surface area contributed by atoms with E-state index in [1.807, 2.05) is 51.1 Å². The summed E-state index contributed by atoms with van der Waals surface area (Å²) < 4.78 is 0. The van der Waals surface area contributed by atoms with Gasteiger partial charge in [-0.1, -0.05) is 37.3 Å². The molecule has 25 heavy (non-hydrogen) atoms. The number of likely N-dealkylation sites (N-methyl/N-ethyl adjacent to an activating group) is 1. The van der Waals surface area contributed by atoms with Gasteiger partial charge in [0.2, 0.25) is 5.91 Å². The van der Waals surface area contributed by atoms with Crippen molar-refractivity contribution in [3.8, 4) is 0 Å². The normalized spacial score (nSPS) is 20.3. The van der Waals surface area contributed by atoms with Gasteiger partial charge in [-0.2, -0.15) is 0 Å². The van der Waals surface area contributed by atoms with E-state index in [0.717, 1.165) is 5.56 Å². The second-order valence-corrected chi connectivity index (χ2v) is 6.67. The van der Waals surface area contributed by atoms with Gasteiger partial charge in [0.15, 0.2) is 0 Å². The molecule has 0 saturated carbocycles. The molecule has 7 nitrogen and oxygen atoms in total. The highest BCUT2D eigenvalue weighted by molar-refractivity contribution is 6.07. The third kappa shape index (κ3) is 3.99. The highest BCUT2D eigenvalue weighted by Crippen LogP contribution is 2.32. The fraction of sp³-hybridized carbons (Fsp3) is 0.500. The maximum atomic E-state index is 13.0. The minimum atomic E-state index is -1.04. The van der Waals surface area contributed by atoms with Gasteiger partial charge in [0, 0.05) is 6.04 Å². The Morgan fingerprint density at radius 2 is 1.92 bits per heavy atom. The van der Waals surface area contributed by atoms with Crippen LogP contribution in [0.25, 0.3) is 0 Å². The molecule has 1 aromatic rings. The van der Waals surface area contributed by atoms with Crippen molar-refractivity contribution in [3.05, 3.63) is 35.9 Å². The predicted molar refractivity (Wildman–Crippen MR) is 94.6 cm³/mol. The van der Waals surface area contributed by atoms with Gasteiger partial charge in [0.05, 0.1) is 13.2 Å². The Morgan fingerprint density at radius 3 is 2.48 bits per heavy atom. The number of rotatable bonds is 7. The molecule has 1 fully saturated rings. The molecule has 7 heteroatoms. The molecule has 1 heterocycles. The lowest BCUT2D eigenvalue weighted by atomic mass is 9.87. The molecule has 1 saturated heterocycles. The van der Waals surface area contributed by atoms with Crippen molar-refractivity contribution in [1.29, 1.82) is 0 Å². The maximum absolute atomic E-state index is 13.0. The summed E-state index contributed by atoms with van der Waals surface area (Å²) in [5, 5.41) is 5.62. The molecule has 0 unspecified atom stereocenters. The lowest BCUT2D eigenvalue weighted by molar-refractivity contribution is -0.134. The number of imide groups is 1. The van der Waals surface area contributed by atoms with Gasteiger partial charge >= 0.3 is 6.03 Å². The molecule has 1 atom stereocenters. The minimum Gasteiger partial charge on any atom is -0.353 e. The number of carbonyl (C=O) groups is 3. The number of amides is 4. The van der Waals surface area contributed by atoms with Crippen LogP contribution in [0.5, 0.6) is 0 Å². The molecule has 0 aromatic heterocycles. The number of nitrogens with zero attached hydrogens (tertiary/aromatic N) is 2. The van der Waals surface area contributed by atoms with Crippen LogP contribution in [0.15, 0.2) is 30.3 Å². The first-order chi connectivity index (χ1) is 11.8. The van der Waals surface area contributed by atoms with Gasteiger partial charge in [-0.3, -0.25) is 14.5 Å². The van der Waals surface area contributed by atoms with Crippen LogP contribution in [0.1, 0.15) is 32.8 Å². The Morgan fingerprint density at radius 1 is 1.28 bits per heavy atom. The summed E-state index contributed by atoms with van der Waals surface area (Å²) in [6, 6.07) is 8.84. The van der Waals surface area contributed by atoms with Crippen LogP contribution < -0.4 is 10.6 Å². The molecular formula is C18H26N4O3. The van der Waals surface area contributed by atoms with Gasteiger partial charge < -0.3 is 10.6 Å². The van der Waals surface area contributed by atoms with E-state index in [0.29, 0.717) is 6.42 Å². The van der Waals surface area contributed by atoms with Gasteiger partial charge in [-0.25, -0.2) is 9.69 Å². The summed E-state index contributed by atoms with van der Waals surface area (Å²) in [7, 11) is 1.70. The van der Waals surface area contributed by atoms with Crippen LogP contribution in [0.2, 0.25) is 0 Å². The summed E-state index contributed by atoms with van der Waals surface area (Å²) in [6.45, 7) is 5.80. The molecule has 1 aliphatic heterocycles. The van der Waals surface area contributed by atoms with Crippen molar-refractivity contribution in [2.75, 3.05) is 20.3 Å². The monoisotopic (exact) mass is 346 g/mol. The van der Waals surface area contributed by atoms with Crippen molar-refractivity contribution in [3.63, 3.8) is 0 Å². The molecule has 0 bridgehead atoms. The third-order valence-electron chi connectivity index (χ3n) is 4.22. The molecule has 1 aliphatic rings. The van der Waals surface area contributed by atoms with Gasteiger partial charge in [0.1, 0.15) is 5.54 Å². The van der Waals surface area contributed by atoms with Crippen LogP contribution in [-0.4, -0.2) is 53.9 Å². The molecule has 4 amide bonds. The van der Waals surface area contributed by atoms with Gasteiger partial charge in [-0.15, -0.1) is 0 Å². The Kier molecular flexibility index (Phi) is 5.79. The summed E-state index contributed by atoms with van der Waals surface area (Å²) in [5.74, 6) is -0.434. The second-order valence-electron chi connectivity index (χ2n) is 6.67. The number of hydrogen-bond acceptors (Lipinski definition) is 4. The van der Waals surface area contributed by atoms with E-state index in [9.17, 15) is 14.4 Å². The Balaban J connectivity index is 2.12. The number of hydrogen-bond donors (Lipinski definition) is 2. The van der Waals surface area contributed by atoms with Crippen LogP contribution in [0.4, 0.5) is 4.79 Å². The zero-order valence-corrected chi connectivity index (χ0v) is 15.2. The standard InChI is InChI=1S/C18H26N4O3/c1-5-18(14-9-7-6-8-10-14)16(24)22(17(25)20-18)12-21(4)11-15(23)19-13(2)3/h6-10,13H,5,11-12H2,1-4H3,(H,19,23)(H,20,25)/t18-/m0/s1. The number of urea groups is 1. The number of benzene rings is 1. The molecule has 2 N–H and O–H groups in total. The summed E-state index contributed by atoms with van der Waals surface area (Å²) >= 11 is 0. The van der Waals surface area contributed by atoms with Crippen molar-refractivity contribution < 1.29 is 14.4 Å². The van der Waals surface area contributed by atoms with Gasteiger partial charge in [0.25, 0.3) is 5.91 Å². The van der Waals surface area contributed by atoms with Crippen molar-refractivity contribution in [2.45, 2.75) is 38.8 Å². The van der Waals surface area contributed by atoms with E-state index in [2.05, 4.69) is 10.6 Å². The topological polar surface area (TPSA) is 81.8 Å². The summed E-state index contributed by atoms with van der Waals surface area (Å²) in [5.41, 5.74) is -0.280. The Bertz CT molecular complexity index is 647. The van der Waals surface area contributed by atoms with Crippen molar-refractivity contribution >= 4 is 17.8 Å². The van der Waals surface area contributed by atoms with Crippen LogP contribution in [0, 0.1) is 0 Å². The van der Waals surface area contributed by atoms with Crippen LogP contribution in [0.3, 0.4) is 0 Å². The third-order valence-corrected chi connectivity index (χ3v) is 4.22. The lowest BCUT2D eigenvalue weighted by Crippen LogP contribution is -2.46. The van der Waals surface area contributed by atoms with Crippen molar-refractivity contribution in [1.82, 2.24) is 20.4 Å².